The Morgan fingerprint density at radius 1 is 1.10 bits per heavy atom. The molecule has 0 spiro atoms. The Bertz CT molecular complexity index is 1090. The van der Waals surface area contributed by atoms with Crippen LogP contribution >= 0.6 is 34.4 Å². The van der Waals surface area contributed by atoms with E-state index in [1.165, 1.54) is 23.1 Å². The molecule has 0 aliphatic carbocycles. The van der Waals surface area contributed by atoms with Crippen molar-refractivity contribution in [1.82, 2.24) is 4.98 Å². The summed E-state index contributed by atoms with van der Waals surface area (Å²) in [6.45, 7) is 7.20. The Kier molecular flexibility index (Phi) is 7.69. The van der Waals surface area contributed by atoms with Gasteiger partial charge in [0.1, 0.15) is 9.88 Å². The molecule has 2 aromatic heterocycles. The van der Waals surface area contributed by atoms with Crippen LogP contribution in [0.5, 0.6) is 0 Å². The standard InChI is InChI=1S/C21H22N2O5S3/c1-5-27-19(25)15-11(3)16(20(26)28-6-2)31-18(15)23-17(24)12(4)29-21-22-13-9-7-8-10-14(13)30-21/h7-10,12H,5-6H2,1-4H3,(H,23,24)/t12-/m0/s1. The summed E-state index contributed by atoms with van der Waals surface area (Å²) in [4.78, 5) is 42.4. The number of fused-ring (bicyclic) bond motifs is 1. The highest BCUT2D eigenvalue weighted by Gasteiger charge is 2.28. The van der Waals surface area contributed by atoms with Crippen molar-refractivity contribution in [2.75, 3.05) is 18.5 Å². The number of anilines is 1. The number of para-hydroxylation sites is 1. The highest BCUT2D eigenvalue weighted by molar-refractivity contribution is 8.02. The van der Waals surface area contributed by atoms with E-state index in [-0.39, 0.29) is 34.6 Å². The van der Waals surface area contributed by atoms with E-state index in [9.17, 15) is 14.4 Å². The average molecular weight is 479 g/mol. The molecular weight excluding hydrogens is 456 g/mol. The van der Waals surface area contributed by atoms with Crippen molar-refractivity contribution in [1.29, 1.82) is 0 Å². The molecule has 0 aliphatic heterocycles. The molecule has 0 aliphatic rings. The van der Waals surface area contributed by atoms with E-state index in [0.29, 0.717) is 5.56 Å². The van der Waals surface area contributed by atoms with Crippen molar-refractivity contribution < 1.29 is 23.9 Å². The van der Waals surface area contributed by atoms with Crippen molar-refractivity contribution in [3.05, 3.63) is 40.3 Å². The summed E-state index contributed by atoms with van der Waals surface area (Å²) < 4.78 is 12.0. The number of thiophene rings is 1. The zero-order chi connectivity index (χ0) is 22.5. The maximum atomic E-state index is 12.9. The van der Waals surface area contributed by atoms with Gasteiger partial charge in [0.2, 0.25) is 5.91 Å². The van der Waals surface area contributed by atoms with Gasteiger partial charge < -0.3 is 14.8 Å². The normalized spacial score (nSPS) is 11.9. The Morgan fingerprint density at radius 3 is 2.45 bits per heavy atom. The van der Waals surface area contributed by atoms with Gasteiger partial charge in [-0.05, 0) is 45.4 Å². The van der Waals surface area contributed by atoms with E-state index in [4.69, 9.17) is 9.47 Å². The number of amides is 1. The number of carbonyl (C=O) groups is 3. The number of ether oxygens (including phenoxy) is 2. The molecule has 0 radical (unpaired) electrons. The number of thioether (sulfide) groups is 1. The van der Waals surface area contributed by atoms with E-state index in [1.807, 2.05) is 24.3 Å². The average Bonchev–Trinajstić information content (AvgIpc) is 3.28. The molecule has 2 heterocycles. The Morgan fingerprint density at radius 2 is 1.77 bits per heavy atom. The van der Waals surface area contributed by atoms with Gasteiger partial charge in [-0.1, -0.05) is 23.9 Å². The number of nitrogens with one attached hydrogen (secondary N) is 1. The molecule has 7 nitrogen and oxygen atoms in total. The van der Waals surface area contributed by atoms with Crippen LogP contribution in [0.2, 0.25) is 0 Å². The zero-order valence-corrected chi connectivity index (χ0v) is 20.0. The lowest BCUT2D eigenvalue weighted by Crippen LogP contribution is -2.23. The number of hydrogen-bond acceptors (Lipinski definition) is 9. The molecule has 10 heteroatoms. The van der Waals surface area contributed by atoms with E-state index in [0.717, 1.165) is 25.9 Å². The molecular formula is C21H22N2O5S3. The Balaban J connectivity index is 1.81. The number of esters is 2. The minimum atomic E-state index is -0.589. The molecule has 3 rings (SSSR count). The molecule has 1 amide bonds. The number of rotatable bonds is 8. The van der Waals surface area contributed by atoms with Crippen molar-refractivity contribution in [2.45, 2.75) is 37.3 Å². The second-order valence-corrected chi connectivity index (χ2v) is 10.0. The molecule has 0 saturated heterocycles. The molecule has 0 unspecified atom stereocenters. The lowest BCUT2D eigenvalue weighted by atomic mass is 10.1. The number of carbonyl (C=O) groups excluding carboxylic acids is 3. The van der Waals surface area contributed by atoms with Crippen LogP contribution in [0.15, 0.2) is 28.6 Å². The summed E-state index contributed by atoms with van der Waals surface area (Å²) in [6, 6.07) is 7.78. The fraction of sp³-hybridized carbons (Fsp3) is 0.333. The SMILES string of the molecule is CCOC(=O)c1sc(NC(=O)[C@H](C)Sc2nc3ccccc3s2)c(C(=O)OCC)c1C. The topological polar surface area (TPSA) is 94.6 Å². The summed E-state index contributed by atoms with van der Waals surface area (Å²) in [5.74, 6) is -1.42. The van der Waals surface area contributed by atoms with Crippen LogP contribution in [0.25, 0.3) is 10.2 Å². The zero-order valence-electron chi connectivity index (χ0n) is 17.5. The van der Waals surface area contributed by atoms with Gasteiger partial charge in [0.25, 0.3) is 0 Å². The Hall–Kier alpha value is -2.43. The van der Waals surface area contributed by atoms with Crippen LogP contribution in [-0.4, -0.2) is 41.3 Å². The molecule has 1 N–H and O–H groups in total. The molecule has 164 valence electrons. The van der Waals surface area contributed by atoms with E-state index in [2.05, 4.69) is 10.3 Å². The van der Waals surface area contributed by atoms with Gasteiger partial charge >= 0.3 is 11.9 Å². The molecule has 3 aromatic rings. The smallest absolute Gasteiger partial charge is 0.348 e. The third kappa shape index (κ3) is 5.25. The number of benzene rings is 1. The number of thiazole rings is 1. The first-order valence-corrected chi connectivity index (χ1v) is 12.2. The number of aromatic nitrogens is 1. The monoisotopic (exact) mass is 478 g/mol. The molecule has 1 atom stereocenters. The van der Waals surface area contributed by atoms with Crippen molar-refractivity contribution in [3.8, 4) is 0 Å². The predicted octanol–water partition coefficient (Wildman–Crippen LogP) is 5.14. The molecule has 0 bridgehead atoms. The van der Waals surface area contributed by atoms with Gasteiger partial charge in [-0.25, -0.2) is 14.6 Å². The van der Waals surface area contributed by atoms with Gasteiger partial charge in [-0.3, -0.25) is 4.79 Å². The second kappa shape index (κ2) is 10.3. The largest absolute Gasteiger partial charge is 0.462 e. The van der Waals surface area contributed by atoms with Crippen LogP contribution in [-0.2, 0) is 14.3 Å². The maximum absolute atomic E-state index is 12.9. The summed E-state index contributed by atoms with van der Waals surface area (Å²) in [5.41, 5.74) is 1.50. The second-order valence-electron chi connectivity index (χ2n) is 6.40. The van der Waals surface area contributed by atoms with Crippen LogP contribution in [0.4, 0.5) is 5.00 Å². The van der Waals surface area contributed by atoms with Gasteiger partial charge in [-0.2, -0.15) is 0 Å². The van der Waals surface area contributed by atoms with Crippen LogP contribution in [0.3, 0.4) is 0 Å². The van der Waals surface area contributed by atoms with Crippen molar-refractivity contribution in [3.63, 3.8) is 0 Å². The van der Waals surface area contributed by atoms with Crippen LogP contribution < -0.4 is 5.32 Å². The van der Waals surface area contributed by atoms with E-state index >= 15 is 0 Å². The third-order valence-electron chi connectivity index (χ3n) is 4.24. The first-order chi connectivity index (χ1) is 14.8. The van der Waals surface area contributed by atoms with E-state index < -0.39 is 17.2 Å². The minimum Gasteiger partial charge on any atom is -0.462 e. The summed E-state index contributed by atoms with van der Waals surface area (Å²) >= 11 is 3.87. The quantitative estimate of drug-likeness (QED) is 0.354. The lowest BCUT2D eigenvalue weighted by molar-refractivity contribution is -0.115. The van der Waals surface area contributed by atoms with E-state index in [1.54, 1.807) is 27.7 Å². The van der Waals surface area contributed by atoms with Gasteiger partial charge in [0.15, 0.2) is 4.34 Å². The van der Waals surface area contributed by atoms with Crippen LogP contribution in [0, 0.1) is 6.92 Å². The van der Waals surface area contributed by atoms with Gasteiger partial charge in [0, 0.05) is 0 Å². The third-order valence-corrected chi connectivity index (χ3v) is 7.66. The maximum Gasteiger partial charge on any atom is 0.348 e. The first kappa shape index (κ1) is 23.2. The Labute approximate surface area is 192 Å². The summed E-state index contributed by atoms with van der Waals surface area (Å²) in [6.07, 6.45) is 0. The highest BCUT2D eigenvalue weighted by atomic mass is 32.2. The van der Waals surface area contributed by atoms with Crippen molar-refractivity contribution >= 4 is 67.5 Å². The van der Waals surface area contributed by atoms with Gasteiger partial charge in [-0.15, -0.1) is 22.7 Å². The van der Waals surface area contributed by atoms with Crippen LogP contribution in [0.1, 0.15) is 46.4 Å². The molecule has 31 heavy (non-hydrogen) atoms. The summed E-state index contributed by atoms with van der Waals surface area (Å²) in [5, 5.41) is 2.60. The first-order valence-electron chi connectivity index (χ1n) is 9.66. The fourth-order valence-corrected chi connectivity index (χ4v) is 6.06. The van der Waals surface area contributed by atoms with Crippen molar-refractivity contribution in [2.24, 2.45) is 0 Å². The molecule has 0 saturated carbocycles. The highest BCUT2D eigenvalue weighted by Crippen LogP contribution is 2.36. The van der Waals surface area contributed by atoms with Gasteiger partial charge in [0.05, 0.1) is 34.2 Å². The summed E-state index contributed by atoms with van der Waals surface area (Å²) in [7, 11) is 0. The molecule has 1 aromatic carbocycles. The predicted molar refractivity (Wildman–Crippen MR) is 125 cm³/mol. The lowest BCUT2D eigenvalue weighted by Gasteiger charge is -2.11. The molecule has 0 fully saturated rings. The fourth-order valence-electron chi connectivity index (χ4n) is 2.76. The number of nitrogens with zero attached hydrogens (tertiary/aromatic N) is 1. The number of hydrogen-bond donors (Lipinski definition) is 1. The minimum absolute atomic E-state index is 0.181.